The summed E-state index contributed by atoms with van der Waals surface area (Å²) >= 11 is 0. The van der Waals surface area contributed by atoms with Crippen molar-refractivity contribution in [2.24, 2.45) is 5.10 Å². The van der Waals surface area contributed by atoms with Crippen molar-refractivity contribution in [3.8, 4) is 29.0 Å². The van der Waals surface area contributed by atoms with E-state index in [2.05, 4.69) is 10.1 Å². The molecular formula is C24H17N5O5. The van der Waals surface area contributed by atoms with Crippen LogP contribution < -0.4 is 15.0 Å². The van der Waals surface area contributed by atoms with E-state index in [0.29, 0.717) is 22.3 Å². The lowest BCUT2D eigenvalue weighted by Gasteiger charge is -2.11. The SMILES string of the molecule is COc1cc(C=Nn2c(-c3ccccc3)nc3ccccc3c2=O)cc([N+](=O)[O-])c1OCC#N. The van der Waals surface area contributed by atoms with Gasteiger partial charge in [-0.3, -0.25) is 14.9 Å². The minimum absolute atomic E-state index is 0.0539. The van der Waals surface area contributed by atoms with Crippen molar-refractivity contribution < 1.29 is 14.4 Å². The fraction of sp³-hybridized carbons (Fsp3) is 0.0833. The lowest BCUT2D eigenvalue weighted by Crippen LogP contribution is -2.20. The molecule has 1 aromatic heterocycles. The molecule has 4 rings (SSSR count). The van der Waals surface area contributed by atoms with Gasteiger partial charge in [0.25, 0.3) is 5.56 Å². The molecule has 168 valence electrons. The van der Waals surface area contributed by atoms with Crippen molar-refractivity contribution >= 4 is 22.8 Å². The Kier molecular flexibility index (Phi) is 6.27. The number of nitro benzene ring substituents is 1. The van der Waals surface area contributed by atoms with Crippen LogP contribution >= 0.6 is 0 Å². The van der Waals surface area contributed by atoms with Gasteiger partial charge in [0, 0.05) is 17.2 Å². The monoisotopic (exact) mass is 455 g/mol. The van der Waals surface area contributed by atoms with Crippen LogP contribution in [0.2, 0.25) is 0 Å². The summed E-state index contributed by atoms with van der Waals surface area (Å²) in [6.45, 7) is -0.386. The molecule has 0 saturated heterocycles. The molecule has 0 aliphatic heterocycles. The van der Waals surface area contributed by atoms with Crippen molar-refractivity contribution in [1.82, 2.24) is 9.66 Å². The Balaban J connectivity index is 1.88. The molecular weight excluding hydrogens is 438 g/mol. The fourth-order valence-electron chi connectivity index (χ4n) is 3.35. The maximum Gasteiger partial charge on any atom is 0.315 e. The molecule has 0 N–H and O–H groups in total. The molecule has 0 aliphatic carbocycles. The Hall–Kier alpha value is -5.04. The molecule has 0 bridgehead atoms. The predicted molar refractivity (Wildman–Crippen MR) is 125 cm³/mol. The summed E-state index contributed by atoms with van der Waals surface area (Å²) in [5, 5.41) is 25.1. The Morgan fingerprint density at radius 1 is 1.18 bits per heavy atom. The highest BCUT2D eigenvalue weighted by molar-refractivity contribution is 5.84. The highest BCUT2D eigenvalue weighted by Gasteiger charge is 2.22. The van der Waals surface area contributed by atoms with Crippen LogP contribution in [0.25, 0.3) is 22.3 Å². The molecule has 0 spiro atoms. The summed E-state index contributed by atoms with van der Waals surface area (Å²) in [6.07, 6.45) is 1.30. The molecule has 34 heavy (non-hydrogen) atoms. The Morgan fingerprint density at radius 2 is 1.91 bits per heavy atom. The van der Waals surface area contributed by atoms with Crippen molar-refractivity contribution in [3.63, 3.8) is 0 Å². The number of para-hydroxylation sites is 1. The molecule has 0 aliphatic rings. The molecule has 0 amide bonds. The second kappa shape index (κ2) is 9.62. The van der Waals surface area contributed by atoms with Crippen LogP contribution in [-0.2, 0) is 0 Å². The maximum absolute atomic E-state index is 13.2. The number of fused-ring (bicyclic) bond motifs is 1. The van der Waals surface area contributed by atoms with Crippen LogP contribution in [-0.4, -0.2) is 34.5 Å². The van der Waals surface area contributed by atoms with Crippen molar-refractivity contribution in [1.29, 1.82) is 5.26 Å². The van der Waals surface area contributed by atoms with Crippen LogP contribution in [0, 0.1) is 21.4 Å². The third-order valence-electron chi connectivity index (χ3n) is 4.86. The van der Waals surface area contributed by atoms with E-state index in [0.717, 1.165) is 4.68 Å². The fourth-order valence-corrected chi connectivity index (χ4v) is 3.35. The van der Waals surface area contributed by atoms with Crippen molar-refractivity contribution in [3.05, 3.63) is 92.8 Å². The topological polar surface area (TPSA) is 133 Å². The Bertz CT molecular complexity index is 1510. The average molecular weight is 455 g/mol. The first-order valence-corrected chi connectivity index (χ1v) is 10.0. The van der Waals surface area contributed by atoms with E-state index in [1.54, 1.807) is 42.5 Å². The third-order valence-corrected chi connectivity index (χ3v) is 4.86. The largest absolute Gasteiger partial charge is 0.493 e. The number of methoxy groups -OCH3 is 1. The van der Waals surface area contributed by atoms with Gasteiger partial charge in [-0.1, -0.05) is 42.5 Å². The second-order valence-corrected chi connectivity index (χ2v) is 6.96. The first-order chi connectivity index (χ1) is 16.5. The lowest BCUT2D eigenvalue weighted by molar-refractivity contribution is -0.385. The highest BCUT2D eigenvalue weighted by Crippen LogP contribution is 2.38. The zero-order valence-corrected chi connectivity index (χ0v) is 17.9. The van der Waals surface area contributed by atoms with Gasteiger partial charge < -0.3 is 9.47 Å². The van der Waals surface area contributed by atoms with Crippen LogP contribution in [0.1, 0.15) is 5.56 Å². The molecule has 4 aromatic rings. The lowest BCUT2D eigenvalue weighted by atomic mass is 10.2. The first-order valence-electron chi connectivity index (χ1n) is 10.0. The van der Waals surface area contributed by atoms with E-state index < -0.39 is 16.2 Å². The van der Waals surface area contributed by atoms with Crippen LogP contribution in [0.5, 0.6) is 11.5 Å². The zero-order valence-electron chi connectivity index (χ0n) is 17.9. The summed E-state index contributed by atoms with van der Waals surface area (Å²) in [5.74, 6) is 0.204. The molecule has 0 fully saturated rings. The van der Waals surface area contributed by atoms with Gasteiger partial charge in [0.05, 0.1) is 29.2 Å². The van der Waals surface area contributed by atoms with E-state index in [1.807, 2.05) is 18.2 Å². The van der Waals surface area contributed by atoms with E-state index in [4.69, 9.17) is 14.7 Å². The number of hydrogen-bond acceptors (Lipinski definition) is 8. The van der Waals surface area contributed by atoms with E-state index >= 15 is 0 Å². The molecule has 0 atom stereocenters. The highest BCUT2D eigenvalue weighted by atomic mass is 16.6. The number of nitro groups is 1. The summed E-state index contributed by atoms with van der Waals surface area (Å²) in [4.78, 5) is 28.8. The number of nitriles is 1. The number of nitrogens with zero attached hydrogens (tertiary/aromatic N) is 5. The number of hydrogen-bond donors (Lipinski definition) is 0. The average Bonchev–Trinajstić information content (AvgIpc) is 2.87. The van der Waals surface area contributed by atoms with Gasteiger partial charge in [-0.05, 0) is 18.2 Å². The normalized spacial score (nSPS) is 10.8. The molecule has 3 aromatic carbocycles. The van der Waals surface area contributed by atoms with Gasteiger partial charge in [-0.25, -0.2) is 4.98 Å². The smallest absolute Gasteiger partial charge is 0.315 e. The number of benzene rings is 3. The summed E-state index contributed by atoms with van der Waals surface area (Å²) in [5.41, 5.74) is 0.687. The molecule has 0 unspecified atom stereocenters. The van der Waals surface area contributed by atoms with E-state index in [1.165, 1.54) is 25.5 Å². The van der Waals surface area contributed by atoms with E-state index in [-0.39, 0.29) is 23.7 Å². The second-order valence-electron chi connectivity index (χ2n) is 6.96. The van der Waals surface area contributed by atoms with Gasteiger partial charge >= 0.3 is 5.69 Å². The zero-order chi connectivity index (χ0) is 24.1. The summed E-state index contributed by atoms with van der Waals surface area (Å²) < 4.78 is 11.6. The molecule has 0 saturated carbocycles. The van der Waals surface area contributed by atoms with Gasteiger partial charge in [0.15, 0.2) is 18.2 Å². The van der Waals surface area contributed by atoms with Crippen LogP contribution in [0.4, 0.5) is 5.69 Å². The molecule has 10 nitrogen and oxygen atoms in total. The maximum atomic E-state index is 13.2. The van der Waals surface area contributed by atoms with Gasteiger partial charge in [-0.2, -0.15) is 15.0 Å². The quantitative estimate of drug-likeness (QED) is 0.235. The minimum atomic E-state index is -0.647. The van der Waals surface area contributed by atoms with Crippen molar-refractivity contribution in [2.45, 2.75) is 0 Å². The Morgan fingerprint density at radius 3 is 2.62 bits per heavy atom. The molecule has 1 heterocycles. The first kappa shape index (κ1) is 22.2. The minimum Gasteiger partial charge on any atom is -0.493 e. The van der Waals surface area contributed by atoms with Gasteiger partial charge in [-0.15, -0.1) is 0 Å². The summed E-state index contributed by atoms with van der Waals surface area (Å²) in [7, 11) is 1.32. The van der Waals surface area contributed by atoms with Crippen LogP contribution in [0.3, 0.4) is 0 Å². The summed E-state index contributed by atoms with van der Waals surface area (Å²) in [6, 6.07) is 20.5. The third kappa shape index (κ3) is 4.31. The van der Waals surface area contributed by atoms with Gasteiger partial charge in [0.2, 0.25) is 5.75 Å². The van der Waals surface area contributed by atoms with E-state index in [9.17, 15) is 14.9 Å². The number of ether oxygens (including phenoxy) is 2. The number of rotatable bonds is 7. The van der Waals surface area contributed by atoms with Crippen LogP contribution in [0.15, 0.2) is 76.6 Å². The predicted octanol–water partition coefficient (Wildman–Crippen LogP) is 3.76. The van der Waals surface area contributed by atoms with Gasteiger partial charge in [0.1, 0.15) is 6.07 Å². The molecule has 10 heteroatoms. The van der Waals surface area contributed by atoms with Crippen molar-refractivity contribution in [2.75, 3.05) is 13.7 Å². The molecule has 0 radical (unpaired) electrons. The standard InChI is InChI=1S/C24H17N5O5/c1-33-21-14-16(13-20(29(31)32)22(21)34-12-11-25)15-26-28-23(17-7-3-2-4-8-17)27-19-10-6-5-9-18(19)24(28)30/h2-10,13-15H,12H2,1H3. The Labute approximate surface area is 193 Å². The number of aromatic nitrogens is 2.